The van der Waals surface area contributed by atoms with Crippen molar-refractivity contribution in [2.45, 2.75) is 6.92 Å². The number of H-pyrrole nitrogens is 1. The fraction of sp³-hybridized carbons (Fsp3) is 0.0667. The van der Waals surface area contributed by atoms with Gasteiger partial charge in [-0.2, -0.15) is 0 Å². The molecular formula is C15H11ClN2O2. The van der Waals surface area contributed by atoms with E-state index in [2.05, 4.69) is 9.97 Å². The fourth-order valence-electron chi connectivity index (χ4n) is 2.16. The lowest BCUT2D eigenvalue weighted by atomic mass is 10.1. The van der Waals surface area contributed by atoms with Crippen LogP contribution in [-0.4, -0.2) is 21.0 Å². The lowest BCUT2D eigenvalue weighted by Gasteiger charge is -2.02. The molecule has 2 N–H and O–H groups in total. The van der Waals surface area contributed by atoms with Gasteiger partial charge in [0.15, 0.2) is 0 Å². The van der Waals surface area contributed by atoms with E-state index in [1.54, 1.807) is 12.1 Å². The minimum atomic E-state index is -0.996. The predicted octanol–water partition coefficient (Wildman–Crippen LogP) is 3.89. The Morgan fingerprint density at radius 1 is 1.25 bits per heavy atom. The van der Waals surface area contributed by atoms with E-state index in [0.29, 0.717) is 21.9 Å². The highest BCUT2D eigenvalue weighted by molar-refractivity contribution is 6.34. The van der Waals surface area contributed by atoms with E-state index in [0.717, 1.165) is 11.1 Å². The Labute approximate surface area is 120 Å². The van der Waals surface area contributed by atoms with E-state index >= 15 is 0 Å². The maximum atomic E-state index is 11.2. The SMILES string of the molecule is Cc1cccc(-c2nc3c(C(=O)O)cccc3[nH]2)c1Cl. The number of imidazole rings is 1. The second kappa shape index (κ2) is 4.65. The van der Waals surface area contributed by atoms with Gasteiger partial charge in [-0.3, -0.25) is 0 Å². The molecule has 1 aromatic heterocycles. The first-order valence-electron chi connectivity index (χ1n) is 6.05. The van der Waals surface area contributed by atoms with Crippen LogP contribution in [0.1, 0.15) is 15.9 Å². The number of hydrogen-bond acceptors (Lipinski definition) is 2. The molecule has 3 aromatic rings. The molecule has 0 atom stereocenters. The summed E-state index contributed by atoms with van der Waals surface area (Å²) in [4.78, 5) is 18.7. The molecule has 0 fully saturated rings. The molecule has 20 heavy (non-hydrogen) atoms. The van der Waals surface area contributed by atoms with Gasteiger partial charge in [0.05, 0.1) is 16.1 Å². The number of carbonyl (C=O) groups is 1. The maximum Gasteiger partial charge on any atom is 0.337 e. The zero-order valence-electron chi connectivity index (χ0n) is 10.6. The number of nitrogens with zero attached hydrogens (tertiary/aromatic N) is 1. The third-order valence-electron chi connectivity index (χ3n) is 3.19. The van der Waals surface area contributed by atoms with Gasteiger partial charge in [0.2, 0.25) is 0 Å². The van der Waals surface area contributed by atoms with E-state index in [-0.39, 0.29) is 5.56 Å². The van der Waals surface area contributed by atoms with Gasteiger partial charge in [-0.15, -0.1) is 0 Å². The van der Waals surface area contributed by atoms with Crippen LogP contribution in [0.25, 0.3) is 22.4 Å². The zero-order valence-corrected chi connectivity index (χ0v) is 11.4. The monoisotopic (exact) mass is 286 g/mol. The third-order valence-corrected chi connectivity index (χ3v) is 3.69. The molecule has 4 nitrogen and oxygen atoms in total. The molecule has 100 valence electrons. The number of fused-ring (bicyclic) bond motifs is 1. The summed E-state index contributed by atoms with van der Waals surface area (Å²) in [5.74, 6) is -0.425. The number of halogens is 1. The Morgan fingerprint density at radius 3 is 2.75 bits per heavy atom. The van der Waals surface area contributed by atoms with Crippen molar-refractivity contribution >= 4 is 28.6 Å². The molecule has 1 heterocycles. The predicted molar refractivity (Wildman–Crippen MR) is 78.2 cm³/mol. The summed E-state index contributed by atoms with van der Waals surface area (Å²) in [6.07, 6.45) is 0. The summed E-state index contributed by atoms with van der Waals surface area (Å²) >= 11 is 6.28. The van der Waals surface area contributed by atoms with Crippen molar-refractivity contribution in [2.24, 2.45) is 0 Å². The number of hydrogen-bond donors (Lipinski definition) is 2. The van der Waals surface area contributed by atoms with Crippen LogP contribution in [0, 0.1) is 6.92 Å². The minimum absolute atomic E-state index is 0.175. The summed E-state index contributed by atoms with van der Waals surface area (Å²) in [5, 5.41) is 9.80. The van der Waals surface area contributed by atoms with E-state index in [9.17, 15) is 9.90 Å². The first kappa shape index (κ1) is 12.7. The topological polar surface area (TPSA) is 66.0 Å². The van der Waals surface area contributed by atoms with Crippen LogP contribution in [0.5, 0.6) is 0 Å². The highest BCUT2D eigenvalue weighted by atomic mass is 35.5. The number of benzene rings is 2. The van der Waals surface area contributed by atoms with Crippen LogP contribution in [-0.2, 0) is 0 Å². The average molecular weight is 287 g/mol. The highest BCUT2D eigenvalue weighted by Gasteiger charge is 2.15. The summed E-state index contributed by atoms with van der Waals surface area (Å²) in [5.41, 5.74) is 3.00. The molecule has 0 bridgehead atoms. The highest BCUT2D eigenvalue weighted by Crippen LogP contribution is 2.30. The number of aromatic nitrogens is 2. The lowest BCUT2D eigenvalue weighted by molar-refractivity contribution is 0.0699. The van der Waals surface area contributed by atoms with Gasteiger partial charge < -0.3 is 10.1 Å². The Balaban J connectivity index is 2.26. The van der Waals surface area contributed by atoms with Crippen LogP contribution >= 0.6 is 11.6 Å². The normalized spacial score (nSPS) is 10.9. The number of aryl methyl sites for hydroxylation is 1. The van der Waals surface area contributed by atoms with E-state index in [1.807, 2.05) is 25.1 Å². The van der Waals surface area contributed by atoms with Crippen molar-refractivity contribution < 1.29 is 9.90 Å². The van der Waals surface area contributed by atoms with Gasteiger partial charge in [-0.05, 0) is 30.7 Å². The van der Waals surface area contributed by atoms with Gasteiger partial charge in [0, 0.05) is 5.56 Å². The molecule has 0 aliphatic carbocycles. The largest absolute Gasteiger partial charge is 0.478 e. The van der Waals surface area contributed by atoms with Crippen molar-refractivity contribution in [1.82, 2.24) is 9.97 Å². The van der Waals surface area contributed by atoms with Crippen molar-refractivity contribution in [3.05, 3.63) is 52.5 Å². The van der Waals surface area contributed by atoms with Crippen LogP contribution < -0.4 is 0 Å². The molecule has 5 heteroatoms. The van der Waals surface area contributed by atoms with Crippen molar-refractivity contribution in [3.63, 3.8) is 0 Å². The van der Waals surface area contributed by atoms with Crippen molar-refractivity contribution in [1.29, 1.82) is 0 Å². The molecule has 0 saturated heterocycles. The lowest BCUT2D eigenvalue weighted by Crippen LogP contribution is -1.96. The fourth-order valence-corrected chi connectivity index (χ4v) is 2.38. The molecule has 3 rings (SSSR count). The first-order valence-corrected chi connectivity index (χ1v) is 6.43. The number of carboxylic acids is 1. The summed E-state index contributed by atoms with van der Waals surface area (Å²) in [6.45, 7) is 1.91. The van der Waals surface area contributed by atoms with Crippen LogP contribution in [0.2, 0.25) is 5.02 Å². The first-order chi connectivity index (χ1) is 9.58. The van der Waals surface area contributed by atoms with Crippen LogP contribution in [0.15, 0.2) is 36.4 Å². The van der Waals surface area contributed by atoms with Gasteiger partial charge in [-0.25, -0.2) is 9.78 Å². The Morgan fingerprint density at radius 2 is 2.00 bits per heavy atom. The molecule has 0 spiro atoms. The molecule has 0 amide bonds. The Bertz CT molecular complexity index is 824. The number of nitrogens with one attached hydrogen (secondary N) is 1. The smallest absolute Gasteiger partial charge is 0.337 e. The Hall–Kier alpha value is -2.33. The van der Waals surface area contributed by atoms with Gasteiger partial charge in [0.1, 0.15) is 11.3 Å². The number of carboxylic acid groups (broad SMARTS) is 1. The second-order valence-electron chi connectivity index (χ2n) is 4.53. The van der Waals surface area contributed by atoms with E-state index < -0.39 is 5.97 Å². The van der Waals surface area contributed by atoms with Crippen LogP contribution in [0.3, 0.4) is 0 Å². The molecule has 0 radical (unpaired) electrons. The molecule has 0 aliphatic rings. The summed E-state index contributed by atoms with van der Waals surface area (Å²) in [7, 11) is 0. The third kappa shape index (κ3) is 1.94. The maximum absolute atomic E-state index is 11.2. The molecular weight excluding hydrogens is 276 g/mol. The minimum Gasteiger partial charge on any atom is -0.478 e. The van der Waals surface area contributed by atoms with Gasteiger partial charge in [0.25, 0.3) is 0 Å². The van der Waals surface area contributed by atoms with Crippen LogP contribution in [0.4, 0.5) is 0 Å². The van der Waals surface area contributed by atoms with E-state index in [4.69, 9.17) is 11.6 Å². The zero-order chi connectivity index (χ0) is 14.3. The summed E-state index contributed by atoms with van der Waals surface area (Å²) < 4.78 is 0. The summed E-state index contributed by atoms with van der Waals surface area (Å²) in [6, 6.07) is 10.7. The quantitative estimate of drug-likeness (QED) is 0.751. The van der Waals surface area contributed by atoms with Gasteiger partial charge >= 0.3 is 5.97 Å². The molecule has 2 aromatic carbocycles. The standard InChI is InChI=1S/C15H11ClN2O2/c1-8-4-2-5-9(12(8)16)14-17-11-7-3-6-10(15(19)20)13(11)18-14/h2-7H,1H3,(H,17,18)(H,19,20). The molecule has 0 unspecified atom stereocenters. The number of para-hydroxylation sites is 1. The van der Waals surface area contributed by atoms with Crippen molar-refractivity contribution in [2.75, 3.05) is 0 Å². The van der Waals surface area contributed by atoms with Gasteiger partial charge in [-0.1, -0.05) is 29.8 Å². The number of rotatable bonds is 2. The number of aromatic amines is 1. The number of aromatic carboxylic acids is 1. The van der Waals surface area contributed by atoms with Crippen molar-refractivity contribution in [3.8, 4) is 11.4 Å². The molecule has 0 saturated carbocycles. The molecule has 0 aliphatic heterocycles. The average Bonchev–Trinajstić information content (AvgIpc) is 2.84. The second-order valence-corrected chi connectivity index (χ2v) is 4.91. The van der Waals surface area contributed by atoms with E-state index in [1.165, 1.54) is 6.07 Å². The Kier molecular flexibility index (Phi) is 2.95.